The van der Waals surface area contributed by atoms with Gasteiger partial charge in [-0.3, -0.25) is 4.79 Å². The van der Waals surface area contributed by atoms with Crippen molar-refractivity contribution in [1.82, 2.24) is 4.98 Å². The van der Waals surface area contributed by atoms with E-state index in [1.807, 2.05) is 18.2 Å². The van der Waals surface area contributed by atoms with Gasteiger partial charge in [0.25, 0.3) is 5.91 Å². The molecule has 0 saturated carbocycles. The molecular weight excluding hydrogens is 396 g/mol. The third-order valence-corrected chi connectivity index (χ3v) is 7.16. The number of hydrogen-bond donors (Lipinski definition) is 2. The topological polar surface area (TPSA) is 58.9 Å². The number of hydrogen-bond acceptors (Lipinski definition) is 5. The Morgan fingerprint density at radius 2 is 1.97 bits per heavy atom. The van der Waals surface area contributed by atoms with Crippen molar-refractivity contribution in [2.45, 2.75) is 18.9 Å². The standard InChI is InChI=1S/C23H26N4O2S/c28-22(24-17-7-9-18(10-8-17)26-12-14-29-15-13-26)16-27-11-3-5-20(27)23-25-19-4-1-2-6-21(19)30-23/h1-2,4,6-10,20H,3,5,11-16H2,(H,24,28)/p+1/t20-/m0/s1. The van der Waals surface area contributed by atoms with Crippen LogP contribution >= 0.6 is 11.3 Å². The Morgan fingerprint density at radius 3 is 2.77 bits per heavy atom. The van der Waals surface area contributed by atoms with Crippen molar-refractivity contribution in [3.8, 4) is 0 Å². The molecule has 0 bridgehead atoms. The molecule has 2 aliphatic rings. The molecule has 0 aliphatic carbocycles. The van der Waals surface area contributed by atoms with Crippen LogP contribution in [0, 0.1) is 0 Å². The largest absolute Gasteiger partial charge is 0.378 e. The number of anilines is 2. The lowest BCUT2D eigenvalue weighted by atomic mass is 10.2. The number of thiazole rings is 1. The number of carbonyl (C=O) groups excluding carboxylic acids is 1. The fourth-order valence-corrected chi connectivity index (χ4v) is 5.61. The van der Waals surface area contributed by atoms with E-state index in [4.69, 9.17) is 9.72 Å². The predicted molar refractivity (Wildman–Crippen MR) is 120 cm³/mol. The number of amides is 1. The van der Waals surface area contributed by atoms with Crippen LogP contribution in [-0.2, 0) is 9.53 Å². The number of para-hydroxylation sites is 1. The van der Waals surface area contributed by atoms with Crippen LogP contribution in [0.4, 0.5) is 11.4 Å². The number of carbonyl (C=O) groups is 1. The number of benzene rings is 2. The van der Waals surface area contributed by atoms with Crippen LogP contribution in [0.5, 0.6) is 0 Å². The zero-order chi connectivity index (χ0) is 20.3. The number of rotatable bonds is 5. The summed E-state index contributed by atoms with van der Waals surface area (Å²) in [6.45, 7) is 4.87. The number of quaternary nitrogens is 1. The van der Waals surface area contributed by atoms with Gasteiger partial charge in [-0.15, -0.1) is 11.3 Å². The van der Waals surface area contributed by atoms with Crippen molar-refractivity contribution in [3.05, 3.63) is 53.5 Å². The molecule has 3 heterocycles. The Morgan fingerprint density at radius 1 is 1.17 bits per heavy atom. The van der Waals surface area contributed by atoms with E-state index in [2.05, 4.69) is 40.5 Å². The lowest BCUT2D eigenvalue weighted by Crippen LogP contribution is -3.11. The van der Waals surface area contributed by atoms with Gasteiger partial charge in [-0.1, -0.05) is 12.1 Å². The molecule has 30 heavy (non-hydrogen) atoms. The summed E-state index contributed by atoms with van der Waals surface area (Å²) in [6, 6.07) is 16.7. The molecule has 1 unspecified atom stereocenters. The van der Waals surface area contributed by atoms with Gasteiger partial charge in [-0.25, -0.2) is 4.98 Å². The van der Waals surface area contributed by atoms with Crippen LogP contribution < -0.4 is 15.1 Å². The molecule has 2 saturated heterocycles. The minimum atomic E-state index is 0.0668. The second kappa shape index (κ2) is 8.71. The smallest absolute Gasteiger partial charge is 0.279 e. The molecule has 2 fully saturated rings. The van der Waals surface area contributed by atoms with Crippen molar-refractivity contribution < 1.29 is 14.4 Å². The minimum absolute atomic E-state index is 0.0668. The highest BCUT2D eigenvalue weighted by molar-refractivity contribution is 7.18. The van der Waals surface area contributed by atoms with Gasteiger partial charge in [0.15, 0.2) is 11.6 Å². The summed E-state index contributed by atoms with van der Waals surface area (Å²) in [6.07, 6.45) is 2.23. The maximum atomic E-state index is 12.7. The Hall–Kier alpha value is -2.48. The van der Waals surface area contributed by atoms with Crippen molar-refractivity contribution >= 4 is 38.8 Å². The third-order valence-electron chi connectivity index (χ3n) is 6.01. The number of likely N-dealkylation sites (tertiary alicyclic amines) is 1. The number of morpholine rings is 1. The fourth-order valence-electron chi connectivity index (χ4n) is 4.45. The molecule has 3 aromatic rings. The number of fused-ring (bicyclic) bond motifs is 1. The van der Waals surface area contributed by atoms with Gasteiger partial charge in [0.05, 0.1) is 30.0 Å². The first kappa shape index (κ1) is 19.5. The van der Waals surface area contributed by atoms with Crippen LogP contribution in [0.3, 0.4) is 0 Å². The molecular formula is C23H27N4O2S+. The van der Waals surface area contributed by atoms with Gasteiger partial charge in [0.2, 0.25) is 0 Å². The first-order valence-corrected chi connectivity index (χ1v) is 11.5. The minimum Gasteiger partial charge on any atom is -0.378 e. The van der Waals surface area contributed by atoms with Crippen molar-refractivity contribution in [3.63, 3.8) is 0 Å². The lowest BCUT2D eigenvalue weighted by Gasteiger charge is -2.28. The predicted octanol–water partition coefficient (Wildman–Crippen LogP) is 2.49. The van der Waals surface area contributed by atoms with Crippen LogP contribution in [0.15, 0.2) is 48.5 Å². The number of aromatic nitrogens is 1. The highest BCUT2D eigenvalue weighted by atomic mass is 32.1. The average Bonchev–Trinajstić information content (AvgIpc) is 3.41. The van der Waals surface area contributed by atoms with Crippen LogP contribution in [0.25, 0.3) is 10.2 Å². The summed E-state index contributed by atoms with van der Waals surface area (Å²) >= 11 is 1.77. The maximum Gasteiger partial charge on any atom is 0.279 e. The van der Waals surface area contributed by atoms with E-state index in [-0.39, 0.29) is 5.91 Å². The molecule has 0 spiro atoms. The maximum absolute atomic E-state index is 12.7. The molecule has 6 nitrogen and oxygen atoms in total. The number of ether oxygens (including phenoxy) is 1. The fraction of sp³-hybridized carbons (Fsp3) is 0.391. The molecule has 1 amide bonds. The molecule has 2 aromatic carbocycles. The second-order valence-corrected chi connectivity index (χ2v) is 9.06. The molecule has 7 heteroatoms. The SMILES string of the molecule is O=C(C[NH+]1CCC[C@H]1c1nc2ccccc2s1)Nc1ccc(N2CCOCC2)cc1. The summed E-state index contributed by atoms with van der Waals surface area (Å²) in [4.78, 5) is 21.2. The summed E-state index contributed by atoms with van der Waals surface area (Å²) in [5.41, 5.74) is 3.10. The number of nitrogens with one attached hydrogen (secondary N) is 2. The van der Waals surface area contributed by atoms with Crippen molar-refractivity contribution in [1.29, 1.82) is 0 Å². The Bertz CT molecular complexity index is 980. The molecule has 1 aromatic heterocycles. The molecule has 2 N–H and O–H groups in total. The Labute approximate surface area is 180 Å². The van der Waals surface area contributed by atoms with E-state index in [0.29, 0.717) is 12.6 Å². The van der Waals surface area contributed by atoms with Crippen LogP contribution in [0.2, 0.25) is 0 Å². The zero-order valence-corrected chi connectivity index (χ0v) is 17.8. The van der Waals surface area contributed by atoms with Crippen LogP contribution in [-0.4, -0.2) is 50.3 Å². The van der Waals surface area contributed by atoms with E-state index >= 15 is 0 Å². The molecule has 156 valence electrons. The van der Waals surface area contributed by atoms with Gasteiger partial charge in [0, 0.05) is 37.3 Å². The van der Waals surface area contributed by atoms with E-state index in [9.17, 15) is 4.79 Å². The highest BCUT2D eigenvalue weighted by Crippen LogP contribution is 2.28. The molecule has 2 atom stereocenters. The summed E-state index contributed by atoms with van der Waals surface area (Å²) in [5.74, 6) is 0.0668. The van der Waals surface area contributed by atoms with Crippen molar-refractivity contribution in [2.75, 3.05) is 49.6 Å². The lowest BCUT2D eigenvalue weighted by molar-refractivity contribution is -0.910. The van der Waals surface area contributed by atoms with Gasteiger partial charge in [0.1, 0.15) is 6.04 Å². The Kier molecular flexibility index (Phi) is 5.66. The normalized spacial score (nSPS) is 21.8. The van der Waals surface area contributed by atoms with E-state index in [1.165, 1.54) is 15.3 Å². The van der Waals surface area contributed by atoms with Gasteiger partial charge >= 0.3 is 0 Å². The molecule has 5 rings (SSSR count). The van der Waals surface area contributed by atoms with Gasteiger partial charge in [-0.2, -0.15) is 0 Å². The van der Waals surface area contributed by atoms with E-state index in [1.54, 1.807) is 11.3 Å². The first-order chi connectivity index (χ1) is 14.8. The molecule has 2 aliphatic heterocycles. The van der Waals surface area contributed by atoms with E-state index in [0.717, 1.165) is 61.9 Å². The second-order valence-electron chi connectivity index (χ2n) is 7.99. The van der Waals surface area contributed by atoms with Gasteiger partial charge < -0.3 is 19.9 Å². The quantitative estimate of drug-likeness (QED) is 0.662. The van der Waals surface area contributed by atoms with Gasteiger partial charge in [-0.05, 0) is 36.4 Å². The highest BCUT2D eigenvalue weighted by Gasteiger charge is 2.34. The summed E-state index contributed by atoms with van der Waals surface area (Å²) < 4.78 is 6.64. The van der Waals surface area contributed by atoms with Crippen LogP contribution in [0.1, 0.15) is 23.9 Å². The van der Waals surface area contributed by atoms with E-state index < -0.39 is 0 Å². The summed E-state index contributed by atoms with van der Waals surface area (Å²) in [5, 5.41) is 4.24. The average molecular weight is 424 g/mol. The number of nitrogens with zero attached hydrogens (tertiary/aromatic N) is 2. The summed E-state index contributed by atoms with van der Waals surface area (Å²) in [7, 11) is 0. The third kappa shape index (κ3) is 4.19. The monoisotopic (exact) mass is 423 g/mol. The first-order valence-electron chi connectivity index (χ1n) is 10.7. The zero-order valence-electron chi connectivity index (χ0n) is 17.0. The van der Waals surface area contributed by atoms with Crippen molar-refractivity contribution in [2.24, 2.45) is 0 Å². The Balaban J connectivity index is 1.21. The molecule has 0 radical (unpaired) electrons.